The van der Waals surface area contributed by atoms with E-state index >= 15 is 0 Å². The van der Waals surface area contributed by atoms with Gasteiger partial charge in [0.15, 0.2) is 5.58 Å². The fourth-order valence-electron chi connectivity index (χ4n) is 3.14. The molecular formula is C20H18F3N3O3S. The van der Waals surface area contributed by atoms with Crippen LogP contribution in [0.25, 0.3) is 11.1 Å². The highest BCUT2D eigenvalue weighted by molar-refractivity contribution is 7.99. The molecule has 1 aliphatic rings. The first kappa shape index (κ1) is 20.5. The van der Waals surface area contributed by atoms with Gasteiger partial charge in [0, 0.05) is 38.2 Å². The van der Waals surface area contributed by atoms with Gasteiger partial charge in [0.25, 0.3) is 5.22 Å². The number of benzene rings is 1. The fourth-order valence-corrected chi connectivity index (χ4v) is 3.88. The lowest BCUT2D eigenvalue weighted by Gasteiger charge is -2.31. The largest absolute Gasteiger partial charge is 0.474 e. The number of likely N-dealkylation sites (tertiary alicyclic amines) is 1. The maximum absolute atomic E-state index is 12.6. The van der Waals surface area contributed by atoms with Crippen LogP contribution in [0.5, 0.6) is 5.88 Å². The Morgan fingerprint density at radius 3 is 2.63 bits per heavy atom. The van der Waals surface area contributed by atoms with E-state index in [1.807, 2.05) is 24.3 Å². The molecule has 2 aromatic heterocycles. The van der Waals surface area contributed by atoms with Gasteiger partial charge in [-0.2, -0.15) is 13.2 Å². The molecule has 0 N–H and O–H groups in total. The molecule has 30 heavy (non-hydrogen) atoms. The number of alkyl halides is 3. The molecule has 0 atom stereocenters. The van der Waals surface area contributed by atoms with Crippen molar-refractivity contribution in [2.75, 3.05) is 18.8 Å². The molecule has 10 heteroatoms. The maximum Gasteiger partial charge on any atom is 0.417 e. The number of nitrogens with zero attached hydrogens (tertiary/aromatic N) is 3. The van der Waals surface area contributed by atoms with Crippen LogP contribution in [0.4, 0.5) is 13.2 Å². The van der Waals surface area contributed by atoms with E-state index in [-0.39, 0.29) is 23.6 Å². The van der Waals surface area contributed by atoms with Crippen LogP contribution in [0.1, 0.15) is 18.4 Å². The summed E-state index contributed by atoms with van der Waals surface area (Å²) in [6.07, 6.45) is -2.68. The standard InChI is InChI=1S/C20H18F3N3O3S/c21-20(22,23)13-5-6-17(24-11-13)28-14-7-9-26(10-8-14)18(27)12-30-19-25-15-3-1-2-4-16(15)29-19/h1-6,11,14H,7-10,12H2. The minimum atomic E-state index is -4.42. The maximum atomic E-state index is 12.6. The Morgan fingerprint density at radius 1 is 1.20 bits per heavy atom. The van der Waals surface area contributed by atoms with Crippen LogP contribution in [-0.4, -0.2) is 45.7 Å². The second kappa shape index (κ2) is 8.55. The molecule has 0 unspecified atom stereocenters. The number of carbonyl (C=O) groups excluding carboxylic acids is 1. The van der Waals surface area contributed by atoms with Crippen molar-refractivity contribution >= 4 is 28.8 Å². The molecule has 3 heterocycles. The number of oxazole rings is 1. The second-order valence-corrected chi connectivity index (χ2v) is 7.74. The molecule has 0 radical (unpaired) electrons. The minimum absolute atomic E-state index is 0.0200. The summed E-state index contributed by atoms with van der Waals surface area (Å²) >= 11 is 1.25. The van der Waals surface area contributed by atoms with E-state index in [9.17, 15) is 18.0 Å². The zero-order chi connectivity index (χ0) is 21.1. The van der Waals surface area contributed by atoms with Gasteiger partial charge in [-0.3, -0.25) is 4.79 Å². The van der Waals surface area contributed by atoms with Crippen molar-refractivity contribution in [2.45, 2.75) is 30.3 Å². The van der Waals surface area contributed by atoms with Crippen molar-refractivity contribution in [2.24, 2.45) is 0 Å². The van der Waals surface area contributed by atoms with Gasteiger partial charge in [0.05, 0.1) is 11.3 Å². The number of carbonyl (C=O) groups is 1. The molecule has 0 bridgehead atoms. The molecular weight excluding hydrogens is 419 g/mol. The fraction of sp³-hybridized carbons (Fsp3) is 0.350. The van der Waals surface area contributed by atoms with E-state index < -0.39 is 11.7 Å². The zero-order valence-electron chi connectivity index (χ0n) is 15.8. The first-order valence-corrected chi connectivity index (χ1v) is 10.3. The van der Waals surface area contributed by atoms with Crippen LogP contribution in [0.3, 0.4) is 0 Å². The molecule has 1 aliphatic heterocycles. The Hall–Kier alpha value is -2.75. The number of aromatic nitrogens is 2. The topological polar surface area (TPSA) is 68.5 Å². The van der Waals surface area contributed by atoms with Gasteiger partial charge < -0.3 is 14.1 Å². The lowest BCUT2D eigenvalue weighted by molar-refractivity contribution is -0.137. The number of amides is 1. The van der Waals surface area contributed by atoms with Gasteiger partial charge in [0.2, 0.25) is 11.8 Å². The quantitative estimate of drug-likeness (QED) is 0.551. The number of hydrogen-bond acceptors (Lipinski definition) is 6. The molecule has 6 nitrogen and oxygen atoms in total. The minimum Gasteiger partial charge on any atom is -0.474 e. The number of hydrogen-bond donors (Lipinski definition) is 0. The third-order valence-electron chi connectivity index (χ3n) is 4.74. The second-order valence-electron chi connectivity index (χ2n) is 6.82. The monoisotopic (exact) mass is 437 g/mol. The van der Waals surface area contributed by atoms with E-state index in [4.69, 9.17) is 9.15 Å². The SMILES string of the molecule is O=C(CSc1nc2ccccc2o1)N1CCC(Oc2ccc(C(F)(F)F)cn2)CC1. The molecule has 4 rings (SSSR count). The van der Waals surface area contributed by atoms with Crippen molar-refractivity contribution in [1.29, 1.82) is 0 Å². The smallest absolute Gasteiger partial charge is 0.417 e. The van der Waals surface area contributed by atoms with Crippen LogP contribution in [-0.2, 0) is 11.0 Å². The molecule has 1 amide bonds. The van der Waals surface area contributed by atoms with E-state index in [2.05, 4.69) is 9.97 Å². The number of ether oxygens (including phenoxy) is 1. The van der Waals surface area contributed by atoms with Crippen molar-refractivity contribution in [3.05, 3.63) is 48.2 Å². The van der Waals surface area contributed by atoms with Gasteiger partial charge in [-0.05, 0) is 18.2 Å². The first-order valence-electron chi connectivity index (χ1n) is 9.34. The molecule has 3 aromatic rings. The summed E-state index contributed by atoms with van der Waals surface area (Å²) < 4.78 is 49.0. The molecule has 0 spiro atoms. The summed E-state index contributed by atoms with van der Waals surface area (Å²) in [6.45, 7) is 1.02. The Labute approximate surface area is 174 Å². The van der Waals surface area contributed by atoms with E-state index in [0.717, 1.165) is 17.8 Å². The third kappa shape index (κ3) is 4.86. The number of para-hydroxylation sites is 2. The zero-order valence-corrected chi connectivity index (χ0v) is 16.6. The summed E-state index contributed by atoms with van der Waals surface area (Å²) in [6, 6.07) is 9.57. The van der Waals surface area contributed by atoms with Crippen LogP contribution < -0.4 is 4.74 Å². The van der Waals surface area contributed by atoms with Crippen LogP contribution in [0.2, 0.25) is 0 Å². The highest BCUT2D eigenvalue weighted by atomic mass is 32.2. The Balaban J connectivity index is 1.24. The normalized spacial score (nSPS) is 15.5. The van der Waals surface area contributed by atoms with Crippen molar-refractivity contribution in [3.8, 4) is 5.88 Å². The number of thioether (sulfide) groups is 1. The van der Waals surface area contributed by atoms with Gasteiger partial charge >= 0.3 is 6.18 Å². The van der Waals surface area contributed by atoms with E-state index in [0.29, 0.717) is 36.7 Å². The molecule has 0 saturated carbocycles. The number of piperidine rings is 1. The predicted octanol–water partition coefficient (Wildman–Crippen LogP) is 4.40. The lowest BCUT2D eigenvalue weighted by atomic mass is 10.1. The number of halogens is 3. The summed E-state index contributed by atoms with van der Waals surface area (Å²) in [4.78, 5) is 22.3. The Bertz CT molecular complexity index is 982. The molecule has 1 saturated heterocycles. The highest BCUT2D eigenvalue weighted by Gasteiger charge is 2.31. The molecule has 158 valence electrons. The van der Waals surface area contributed by atoms with E-state index in [1.54, 1.807) is 4.90 Å². The Kier molecular flexibility index (Phi) is 5.85. The molecule has 1 aromatic carbocycles. The van der Waals surface area contributed by atoms with Gasteiger partial charge in [-0.25, -0.2) is 9.97 Å². The summed E-state index contributed by atoms with van der Waals surface area (Å²) in [7, 11) is 0. The number of rotatable bonds is 5. The summed E-state index contributed by atoms with van der Waals surface area (Å²) in [5, 5.41) is 0.455. The van der Waals surface area contributed by atoms with Gasteiger partial charge in [-0.15, -0.1) is 0 Å². The summed E-state index contributed by atoms with van der Waals surface area (Å²) in [5.74, 6) is 0.353. The average Bonchev–Trinajstić information content (AvgIpc) is 3.15. The van der Waals surface area contributed by atoms with Crippen LogP contribution in [0, 0.1) is 0 Å². The third-order valence-corrected chi connectivity index (χ3v) is 5.55. The first-order chi connectivity index (χ1) is 14.4. The van der Waals surface area contributed by atoms with Gasteiger partial charge in [-0.1, -0.05) is 23.9 Å². The molecule has 1 fully saturated rings. The highest BCUT2D eigenvalue weighted by Crippen LogP contribution is 2.30. The van der Waals surface area contributed by atoms with E-state index in [1.165, 1.54) is 17.8 Å². The average molecular weight is 437 g/mol. The number of fused-ring (bicyclic) bond motifs is 1. The van der Waals surface area contributed by atoms with Gasteiger partial charge in [0.1, 0.15) is 11.6 Å². The van der Waals surface area contributed by atoms with Crippen LogP contribution >= 0.6 is 11.8 Å². The predicted molar refractivity (Wildman–Crippen MR) is 104 cm³/mol. The lowest BCUT2D eigenvalue weighted by Crippen LogP contribution is -2.42. The van der Waals surface area contributed by atoms with Crippen LogP contribution in [0.15, 0.2) is 52.2 Å². The molecule has 0 aliphatic carbocycles. The Morgan fingerprint density at radius 2 is 1.97 bits per heavy atom. The number of pyridine rings is 1. The van der Waals surface area contributed by atoms with Crippen molar-refractivity contribution in [3.63, 3.8) is 0 Å². The summed E-state index contributed by atoms with van der Waals surface area (Å²) in [5.41, 5.74) is 0.622. The van der Waals surface area contributed by atoms with Crippen molar-refractivity contribution < 1.29 is 27.1 Å². The van der Waals surface area contributed by atoms with Crippen molar-refractivity contribution in [1.82, 2.24) is 14.9 Å².